The second kappa shape index (κ2) is 5.22. The molecule has 0 aromatic rings. The zero-order valence-corrected chi connectivity index (χ0v) is 8.27. The number of aliphatic carboxylic acids is 1. The molecule has 0 fully saturated rings. The highest BCUT2D eigenvalue weighted by Gasteiger charge is 2.28. The Morgan fingerprint density at radius 2 is 1.86 bits per heavy atom. The molecule has 0 radical (unpaired) electrons. The van der Waals surface area contributed by atoms with Crippen LogP contribution in [-0.4, -0.2) is 17.3 Å². The van der Waals surface area contributed by atoms with Crippen molar-refractivity contribution in [1.29, 1.82) is 0 Å². The lowest BCUT2D eigenvalue weighted by Gasteiger charge is -2.16. The molecule has 0 aromatic carbocycles. The number of carboxylic acids is 1. The van der Waals surface area contributed by atoms with Crippen LogP contribution in [0.4, 0.5) is 13.2 Å². The molecule has 0 aliphatic carbocycles. The Kier molecular flexibility index (Phi) is 4.94. The molecule has 5 heteroatoms. The van der Waals surface area contributed by atoms with Crippen molar-refractivity contribution in [3.05, 3.63) is 0 Å². The van der Waals surface area contributed by atoms with Crippen molar-refractivity contribution >= 4 is 5.97 Å². The van der Waals surface area contributed by atoms with Gasteiger partial charge in [0.1, 0.15) is 0 Å². The molecule has 1 atom stereocenters. The third-order valence-electron chi connectivity index (χ3n) is 2.10. The van der Waals surface area contributed by atoms with Crippen LogP contribution in [0, 0.1) is 11.8 Å². The zero-order chi connectivity index (χ0) is 11.4. The molecule has 0 aliphatic rings. The summed E-state index contributed by atoms with van der Waals surface area (Å²) in [6.07, 6.45) is -5.10. The summed E-state index contributed by atoms with van der Waals surface area (Å²) in [6.45, 7) is 3.40. The minimum atomic E-state index is -4.18. The van der Waals surface area contributed by atoms with Crippen LogP contribution < -0.4 is 0 Å². The zero-order valence-electron chi connectivity index (χ0n) is 8.27. The van der Waals surface area contributed by atoms with Gasteiger partial charge in [-0.2, -0.15) is 13.2 Å². The third kappa shape index (κ3) is 5.83. The summed E-state index contributed by atoms with van der Waals surface area (Å²) in [5.74, 6) is -1.81. The number of carboxylic acid groups (broad SMARTS) is 1. The Balaban J connectivity index is 3.90. The lowest BCUT2D eigenvalue weighted by Crippen LogP contribution is -2.20. The summed E-state index contributed by atoms with van der Waals surface area (Å²) in [5, 5.41) is 8.69. The summed E-state index contributed by atoms with van der Waals surface area (Å²) < 4.78 is 35.3. The van der Waals surface area contributed by atoms with Crippen LogP contribution in [0.25, 0.3) is 0 Å². The van der Waals surface area contributed by atoms with E-state index in [1.165, 1.54) is 0 Å². The van der Waals surface area contributed by atoms with Crippen LogP contribution in [0.2, 0.25) is 0 Å². The maximum absolute atomic E-state index is 11.8. The largest absolute Gasteiger partial charge is 0.481 e. The van der Waals surface area contributed by atoms with Gasteiger partial charge in [-0.25, -0.2) is 0 Å². The van der Waals surface area contributed by atoms with E-state index in [2.05, 4.69) is 0 Å². The highest BCUT2D eigenvalue weighted by Crippen LogP contribution is 2.25. The lowest BCUT2D eigenvalue weighted by molar-refractivity contribution is -0.146. The van der Waals surface area contributed by atoms with Crippen LogP contribution in [-0.2, 0) is 4.79 Å². The molecule has 0 aliphatic heterocycles. The molecule has 0 bridgehead atoms. The van der Waals surface area contributed by atoms with Crippen molar-refractivity contribution in [3.8, 4) is 0 Å². The van der Waals surface area contributed by atoms with Gasteiger partial charge >= 0.3 is 12.1 Å². The number of carbonyl (C=O) groups is 1. The maximum Gasteiger partial charge on any atom is 0.389 e. The van der Waals surface area contributed by atoms with Crippen LogP contribution in [0.5, 0.6) is 0 Å². The molecule has 0 saturated carbocycles. The van der Waals surface area contributed by atoms with Gasteiger partial charge in [-0.05, 0) is 18.8 Å². The van der Waals surface area contributed by atoms with E-state index in [-0.39, 0.29) is 18.8 Å². The molecule has 1 N–H and O–H groups in total. The standard InChI is InChI=1S/C9H15F3O2/c1-6(2)7(8(13)14)4-3-5-9(10,11)12/h6-7H,3-5H2,1-2H3,(H,13,14). The van der Waals surface area contributed by atoms with Crippen LogP contribution in [0.3, 0.4) is 0 Å². The van der Waals surface area contributed by atoms with E-state index in [9.17, 15) is 18.0 Å². The molecular weight excluding hydrogens is 197 g/mol. The minimum absolute atomic E-state index is 0.0898. The predicted molar refractivity (Wildman–Crippen MR) is 45.9 cm³/mol. The molecule has 0 saturated heterocycles. The van der Waals surface area contributed by atoms with Crippen molar-refractivity contribution in [3.63, 3.8) is 0 Å². The summed E-state index contributed by atoms with van der Waals surface area (Å²) in [5.41, 5.74) is 0. The van der Waals surface area contributed by atoms with E-state index in [0.717, 1.165) is 0 Å². The van der Waals surface area contributed by atoms with Gasteiger partial charge in [0.15, 0.2) is 0 Å². The molecule has 0 heterocycles. The van der Waals surface area contributed by atoms with E-state index in [1.54, 1.807) is 13.8 Å². The van der Waals surface area contributed by atoms with Crippen molar-refractivity contribution in [2.24, 2.45) is 11.8 Å². The summed E-state index contributed by atoms with van der Waals surface area (Å²) in [7, 11) is 0. The van der Waals surface area contributed by atoms with Crippen LogP contribution >= 0.6 is 0 Å². The van der Waals surface area contributed by atoms with Gasteiger partial charge in [0.25, 0.3) is 0 Å². The van der Waals surface area contributed by atoms with Gasteiger partial charge in [0, 0.05) is 6.42 Å². The van der Waals surface area contributed by atoms with E-state index in [1.807, 2.05) is 0 Å². The summed E-state index contributed by atoms with van der Waals surface area (Å²) >= 11 is 0. The molecule has 0 spiro atoms. The smallest absolute Gasteiger partial charge is 0.389 e. The van der Waals surface area contributed by atoms with Crippen molar-refractivity contribution in [1.82, 2.24) is 0 Å². The second-order valence-electron chi connectivity index (χ2n) is 3.70. The number of hydrogen-bond donors (Lipinski definition) is 1. The molecular formula is C9H15F3O2. The first-order valence-corrected chi connectivity index (χ1v) is 4.53. The van der Waals surface area contributed by atoms with Gasteiger partial charge in [-0.3, -0.25) is 4.79 Å². The Labute approximate surface area is 81.1 Å². The van der Waals surface area contributed by atoms with Gasteiger partial charge < -0.3 is 5.11 Å². The molecule has 1 unspecified atom stereocenters. The first-order valence-electron chi connectivity index (χ1n) is 4.53. The molecule has 0 amide bonds. The van der Waals surface area contributed by atoms with E-state index in [4.69, 9.17) is 5.11 Å². The maximum atomic E-state index is 11.8. The van der Waals surface area contributed by atoms with Gasteiger partial charge in [0.2, 0.25) is 0 Å². The normalized spacial score (nSPS) is 14.4. The first-order chi connectivity index (χ1) is 6.24. The quantitative estimate of drug-likeness (QED) is 0.760. The highest BCUT2D eigenvalue weighted by atomic mass is 19.4. The van der Waals surface area contributed by atoms with Crippen molar-refractivity contribution in [2.45, 2.75) is 39.3 Å². The fraction of sp³-hybridized carbons (Fsp3) is 0.889. The highest BCUT2D eigenvalue weighted by molar-refractivity contribution is 5.70. The lowest BCUT2D eigenvalue weighted by atomic mass is 9.91. The second-order valence-corrected chi connectivity index (χ2v) is 3.70. The third-order valence-corrected chi connectivity index (χ3v) is 2.10. The molecule has 0 rings (SSSR count). The number of alkyl halides is 3. The fourth-order valence-corrected chi connectivity index (χ4v) is 1.26. The SMILES string of the molecule is CC(C)C(CCCC(F)(F)F)C(=O)O. The van der Waals surface area contributed by atoms with E-state index in [0.29, 0.717) is 0 Å². The van der Waals surface area contributed by atoms with Gasteiger partial charge in [-0.1, -0.05) is 13.8 Å². The van der Waals surface area contributed by atoms with Gasteiger partial charge in [-0.15, -0.1) is 0 Å². The fourth-order valence-electron chi connectivity index (χ4n) is 1.26. The number of rotatable bonds is 5. The number of halogens is 3. The average Bonchev–Trinajstić information content (AvgIpc) is 1.94. The topological polar surface area (TPSA) is 37.3 Å². The van der Waals surface area contributed by atoms with Crippen molar-refractivity contribution < 1.29 is 23.1 Å². The molecule has 14 heavy (non-hydrogen) atoms. The van der Waals surface area contributed by atoms with E-state index < -0.39 is 24.5 Å². The monoisotopic (exact) mass is 212 g/mol. The van der Waals surface area contributed by atoms with E-state index >= 15 is 0 Å². The molecule has 2 nitrogen and oxygen atoms in total. The Morgan fingerprint density at radius 1 is 1.36 bits per heavy atom. The van der Waals surface area contributed by atoms with Crippen LogP contribution in [0.15, 0.2) is 0 Å². The Bertz CT molecular complexity index is 187. The summed E-state index contributed by atoms with van der Waals surface area (Å²) in [6, 6.07) is 0. The minimum Gasteiger partial charge on any atom is -0.481 e. The molecule has 0 aromatic heterocycles. The predicted octanol–water partition coefficient (Wildman–Crippen LogP) is 3.08. The Morgan fingerprint density at radius 3 is 2.14 bits per heavy atom. The van der Waals surface area contributed by atoms with Gasteiger partial charge in [0.05, 0.1) is 5.92 Å². The number of hydrogen-bond acceptors (Lipinski definition) is 1. The molecule has 84 valence electrons. The van der Waals surface area contributed by atoms with Crippen LogP contribution in [0.1, 0.15) is 33.1 Å². The Hall–Kier alpha value is -0.740. The summed E-state index contributed by atoms with van der Waals surface area (Å²) in [4.78, 5) is 10.6. The first kappa shape index (κ1) is 13.3. The average molecular weight is 212 g/mol. The van der Waals surface area contributed by atoms with Crippen molar-refractivity contribution in [2.75, 3.05) is 0 Å².